The molecule has 6 heteroatoms. The second kappa shape index (κ2) is 8.73. The Labute approximate surface area is 135 Å². The molecule has 0 atom stereocenters. The predicted octanol–water partition coefficient (Wildman–Crippen LogP) is 0.601. The molecule has 3 N–H and O–H groups in total. The molecular weight excluding hydrogens is 294 g/mol. The summed E-state index contributed by atoms with van der Waals surface area (Å²) in [7, 11) is 0. The van der Waals surface area contributed by atoms with Crippen molar-refractivity contribution < 1.29 is 14.4 Å². The Hall–Kier alpha value is -2.63. The highest BCUT2D eigenvalue weighted by atomic mass is 16.2. The van der Waals surface area contributed by atoms with Gasteiger partial charge in [0.15, 0.2) is 0 Å². The van der Waals surface area contributed by atoms with Gasteiger partial charge in [0.25, 0.3) is 0 Å². The van der Waals surface area contributed by atoms with Gasteiger partial charge >= 0.3 is 0 Å². The first-order valence-corrected chi connectivity index (χ1v) is 7.70. The van der Waals surface area contributed by atoms with Crippen LogP contribution in [0.15, 0.2) is 36.4 Å². The van der Waals surface area contributed by atoms with Crippen molar-refractivity contribution in [2.45, 2.75) is 25.3 Å². The van der Waals surface area contributed by atoms with E-state index in [-0.39, 0.29) is 43.3 Å². The lowest BCUT2D eigenvalue weighted by Gasteiger charge is -2.06. The Morgan fingerprint density at radius 1 is 1.04 bits per heavy atom. The third-order valence-corrected chi connectivity index (χ3v) is 3.27. The van der Waals surface area contributed by atoms with Crippen molar-refractivity contribution in [3.63, 3.8) is 0 Å². The molecule has 0 aliphatic heterocycles. The first kappa shape index (κ1) is 16.7. The predicted molar refractivity (Wildman–Crippen MR) is 87.3 cm³/mol. The monoisotopic (exact) mass is 315 g/mol. The molecule has 1 aromatic carbocycles. The number of benzene rings is 1. The lowest BCUT2D eigenvalue weighted by atomic mass is 10.2. The summed E-state index contributed by atoms with van der Waals surface area (Å²) in [5.74, 6) is -0.688. The lowest BCUT2D eigenvalue weighted by Crippen LogP contribution is -2.38. The molecule has 6 nitrogen and oxygen atoms in total. The van der Waals surface area contributed by atoms with Crippen LogP contribution in [0.4, 0.5) is 0 Å². The number of carbonyl (C=O) groups is 3. The molecule has 1 saturated carbocycles. The third-order valence-electron chi connectivity index (χ3n) is 3.27. The quantitative estimate of drug-likeness (QED) is 0.614. The zero-order valence-electron chi connectivity index (χ0n) is 12.9. The number of amides is 3. The molecule has 122 valence electrons. The van der Waals surface area contributed by atoms with Gasteiger partial charge in [0.1, 0.15) is 0 Å². The third kappa shape index (κ3) is 7.26. The first-order chi connectivity index (χ1) is 11.1. The molecular formula is C17H21N3O3. The number of carbonyl (C=O) groups excluding carboxylic acids is 3. The van der Waals surface area contributed by atoms with Crippen LogP contribution in [0.5, 0.6) is 0 Å². The fourth-order valence-electron chi connectivity index (χ4n) is 1.87. The van der Waals surface area contributed by atoms with Gasteiger partial charge in [-0.15, -0.1) is 0 Å². The van der Waals surface area contributed by atoms with Crippen molar-refractivity contribution in [2.24, 2.45) is 0 Å². The zero-order chi connectivity index (χ0) is 16.5. The number of rotatable bonds is 8. The number of hydrogen-bond acceptors (Lipinski definition) is 3. The molecule has 0 radical (unpaired) electrons. The number of hydrogen-bond donors (Lipinski definition) is 3. The highest BCUT2D eigenvalue weighted by Crippen LogP contribution is 2.18. The molecule has 23 heavy (non-hydrogen) atoms. The molecule has 0 unspecified atom stereocenters. The van der Waals surface area contributed by atoms with E-state index < -0.39 is 0 Å². The fourth-order valence-corrected chi connectivity index (χ4v) is 1.87. The molecule has 0 heterocycles. The second-order valence-corrected chi connectivity index (χ2v) is 5.40. The van der Waals surface area contributed by atoms with Crippen LogP contribution in [-0.4, -0.2) is 36.9 Å². The van der Waals surface area contributed by atoms with Crippen LogP contribution in [0.3, 0.4) is 0 Å². The van der Waals surface area contributed by atoms with E-state index in [0.717, 1.165) is 18.4 Å². The Morgan fingerprint density at radius 2 is 1.78 bits per heavy atom. The van der Waals surface area contributed by atoms with Gasteiger partial charge < -0.3 is 16.0 Å². The Balaban J connectivity index is 1.56. The summed E-state index contributed by atoms with van der Waals surface area (Å²) in [5, 5.41) is 7.94. The van der Waals surface area contributed by atoms with E-state index in [2.05, 4.69) is 16.0 Å². The maximum absolute atomic E-state index is 11.6. The Morgan fingerprint density at radius 3 is 2.48 bits per heavy atom. The summed E-state index contributed by atoms with van der Waals surface area (Å²) < 4.78 is 0. The van der Waals surface area contributed by atoms with Gasteiger partial charge in [-0.3, -0.25) is 14.4 Å². The van der Waals surface area contributed by atoms with Crippen molar-refractivity contribution in [1.82, 2.24) is 16.0 Å². The molecule has 0 aromatic heterocycles. The minimum atomic E-state index is -0.261. The summed E-state index contributed by atoms with van der Waals surface area (Å²) >= 11 is 0. The first-order valence-electron chi connectivity index (χ1n) is 7.70. The van der Waals surface area contributed by atoms with Crippen molar-refractivity contribution in [2.75, 3.05) is 13.1 Å². The average Bonchev–Trinajstić information content (AvgIpc) is 3.36. The van der Waals surface area contributed by atoms with Crippen LogP contribution < -0.4 is 16.0 Å². The minimum absolute atomic E-state index is 0.0167. The summed E-state index contributed by atoms with van der Waals surface area (Å²) in [6.45, 7) is 0.214. The fraction of sp³-hybridized carbons (Fsp3) is 0.353. The van der Waals surface area contributed by atoms with Gasteiger partial charge in [-0.2, -0.15) is 0 Å². The van der Waals surface area contributed by atoms with Crippen LogP contribution in [0, 0.1) is 0 Å². The smallest absolute Gasteiger partial charge is 0.244 e. The summed E-state index contributed by atoms with van der Waals surface area (Å²) in [5.41, 5.74) is 0.932. The summed E-state index contributed by atoms with van der Waals surface area (Å²) in [6, 6.07) is 9.76. The maximum Gasteiger partial charge on any atom is 0.244 e. The highest BCUT2D eigenvalue weighted by molar-refractivity contribution is 5.92. The van der Waals surface area contributed by atoms with E-state index in [9.17, 15) is 14.4 Å². The van der Waals surface area contributed by atoms with Crippen LogP contribution in [-0.2, 0) is 14.4 Å². The molecule has 0 saturated heterocycles. The van der Waals surface area contributed by atoms with E-state index in [0.29, 0.717) is 0 Å². The zero-order valence-corrected chi connectivity index (χ0v) is 12.9. The van der Waals surface area contributed by atoms with Gasteiger partial charge in [0.2, 0.25) is 17.7 Å². The molecule has 0 spiro atoms. The largest absolute Gasteiger partial charge is 0.352 e. The van der Waals surface area contributed by atoms with E-state index in [1.807, 2.05) is 30.3 Å². The van der Waals surface area contributed by atoms with E-state index >= 15 is 0 Å². The van der Waals surface area contributed by atoms with Gasteiger partial charge in [0.05, 0.1) is 6.54 Å². The molecule has 3 amide bonds. The maximum atomic E-state index is 11.6. The normalized spacial score (nSPS) is 13.6. The SMILES string of the molecule is O=C(/C=C/c1ccccc1)NCCC(=O)NCC(=O)NC1CC1. The molecule has 1 fully saturated rings. The Kier molecular flexibility index (Phi) is 6.35. The van der Waals surface area contributed by atoms with Gasteiger partial charge in [-0.25, -0.2) is 0 Å². The number of nitrogens with one attached hydrogen (secondary N) is 3. The highest BCUT2D eigenvalue weighted by Gasteiger charge is 2.23. The molecule has 1 aliphatic rings. The van der Waals surface area contributed by atoms with Crippen molar-refractivity contribution in [3.8, 4) is 0 Å². The van der Waals surface area contributed by atoms with E-state index in [4.69, 9.17) is 0 Å². The van der Waals surface area contributed by atoms with Crippen LogP contribution in [0.25, 0.3) is 6.08 Å². The molecule has 2 rings (SSSR count). The van der Waals surface area contributed by atoms with Crippen LogP contribution in [0.1, 0.15) is 24.8 Å². The minimum Gasteiger partial charge on any atom is -0.352 e. The summed E-state index contributed by atoms with van der Waals surface area (Å²) in [6.07, 6.45) is 5.31. The molecule has 0 bridgehead atoms. The summed E-state index contributed by atoms with van der Waals surface area (Å²) in [4.78, 5) is 34.5. The van der Waals surface area contributed by atoms with Gasteiger partial charge in [0, 0.05) is 25.1 Å². The second-order valence-electron chi connectivity index (χ2n) is 5.40. The van der Waals surface area contributed by atoms with E-state index in [1.54, 1.807) is 6.08 Å². The standard InChI is InChI=1S/C17H21N3O3/c21-15(9-6-13-4-2-1-3-5-13)18-11-10-16(22)19-12-17(23)20-14-7-8-14/h1-6,9,14H,7-8,10-12H2,(H,18,21)(H,19,22)(H,20,23)/b9-6+. The average molecular weight is 315 g/mol. The molecule has 1 aliphatic carbocycles. The van der Waals surface area contributed by atoms with Crippen molar-refractivity contribution in [1.29, 1.82) is 0 Å². The van der Waals surface area contributed by atoms with Gasteiger partial charge in [-0.05, 0) is 24.5 Å². The van der Waals surface area contributed by atoms with E-state index in [1.165, 1.54) is 6.08 Å². The van der Waals surface area contributed by atoms with Gasteiger partial charge in [-0.1, -0.05) is 30.3 Å². The lowest BCUT2D eigenvalue weighted by molar-refractivity contribution is -0.126. The Bertz CT molecular complexity index is 580. The van der Waals surface area contributed by atoms with Crippen LogP contribution >= 0.6 is 0 Å². The molecule has 1 aromatic rings. The topological polar surface area (TPSA) is 87.3 Å². The van der Waals surface area contributed by atoms with Crippen molar-refractivity contribution in [3.05, 3.63) is 42.0 Å². The van der Waals surface area contributed by atoms with Crippen molar-refractivity contribution >= 4 is 23.8 Å². The van der Waals surface area contributed by atoms with Crippen LogP contribution in [0.2, 0.25) is 0 Å².